The van der Waals surface area contributed by atoms with E-state index in [0.717, 1.165) is 30.7 Å². The van der Waals surface area contributed by atoms with Crippen molar-refractivity contribution in [2.75, 3.05) is 32.8 Å². The standard InChI is InChI=1S/C12H24N5O2/c1-4-17(5-2,6-3)9-7-12(18)19-10-8-11-13-15-16-14-11/h4-10H2,1-3H3,(H,13,14,15,16)/q+1. The summed E-state index contributed by atoms with van der Waals surface area (Å²) in [6.07, 6.45) is 0.958. The lowest BCUT2D eigenvalue weighted by molar-refractivity contribution is -0.922. The molecule has 0 aliphatic rings. The fourth-order valence-electron chi connectivity index (χ4n) is 2.09. The minimum atomic E-state index is -0.152. The zero-order valence-electron chi connectivity index (χ0n) is 12.1. The number of carbonyl (C=O) groups is 1. The Balaban J connectivity index is 2.23. The van der Waals surface area contributed by atoms with Crippen LogP contribution in [0.25, 0.3) is 0 Å². The summed E-state index contributed by atoms with van der Waals surface area (Å²) in [5.41, 5.74) is 0. The van der Waals surface area contributed by atoms with E-state index in [4.69, 9.17) is 4.74 Å². The first-order valence-corrected chi connectivity index (χ1v) is 6.88. The first-order valence-electron chi connectivity index (χ1n) is 6.88. The molecular formula is C12H24N5O2+. The fourth-order valence-corrected chi connectivity index (χ4v) is 2.09. The Morgan fingerprint density at radius 3 is 2.47 bits per heavy atom. The van der Waals surface area contributed by atoms with Crippen LogP contribution in [0.3, 0.4) is 0 Å². The van der Waals surface area contributed by atoms with Crippen LogP contribution in [-0.2, 0) is 16.0 Å². The van der Waals surface area contributed by atoms with Gasteiger partial charge in [0.2, 0.25) is 0 Å². The Hall–Kier alpha value is -1.50. The average molecular weight is 270 g/mol. The molecule has 7 nitrogen and oxygen atoms in total. The number of ether oxygens (including phenoxy) is 1. The molecule has 1 heterocycles. The number of rotatable bonds is 9. The van der Waals surface area contributed by atoms with Gasteiger partial charge in [-0.15, -0.1) is 10.2 Å². The van der Waals surface area contributed by atoms with E-state index in [1.165, 1.54) is 0 Å². The molecule has 0 aromatic carbocycles. The summed E-state index contributed by atoms with van der Waals surface area (Å²) in [6.45, 7) is 10.8. The molecule has 1 rings (SSSR count). The van der Waals surface area contributed by atoms with Crippen LogP contribution in [0.5, 0.6) is 0 Å². The van der Waals surface area contributed by atoms with Gasteiger partial charge in [0.05, 0.1) is 39.2 Å². The lowest BCUT2D eigenvalue weighted by atomic mass is 10.3. The van der Waals surface area contributed by atoms with E-state index in [9.17, 15) is 4.79 Å². The summed E-state index contributed by atoms with van der Waals surface area (Å²) in [5.74, 6) is 0.412. The second-order valence-corrected chi connectivity index (χ2v) is 4.56. The summed E-state index contributed by atoms with van der Waals surface area (Å²) in [7, 11) is 0. The van der Waals surface area contributed by atoms with E-state index in [2.05, 4.69) is 41.4 Å². The lowest BCUT2D eigenvalue weighted by Crippen LogP contribution is -2.48. The molecule has 0 unspecified atom stereocenters. The summed E-state index contributed by atoms with van der Waals surface area (Å²) in [6, 6.07) is 0. The van der Waals surface area contributed by atoms with Crippen molar-refractivity contribution in [2.45, 2.75) is 33.6 Å². The van der Waals surface area contributed by atoms with E-state index in [1.807, 2.05) is 0 Å². The second kappa shape index (κ2) is 7.83. The molecule has 1 aromatic rings. The summed E-state index contributed by atoms with van der Waals surface area (Å²) >= 11 is 0. The van der Waals surface area contributed by atoms with Gasteiger partial charge in [0.15, 0.2) is 5.82 Å². The molecule has 0 fully saturated rings. The van der Waals surface area contributed by atoms with Crippen molar-refractivity contribution in [3.63, 3.8) is 0 Å². The number of H-pyrrole nitrogens is 1. The molecule has 0 atom stereocenters. The number of esters is 1. The van der Waals surface area contributed by atoms with Crippen LogP contribution < -0.4 is 0 Å². The predicted octanol–water partition coefficient (Wildman–Crippen LogP) is 0.552. The number of aromatic amines is 1. The van der Waals surface area contributed by atoms with Gasteiger partial charge >= 0.3 is 5.97 Å². The molecular weight excluding hydrogens is 246 g/mol. The Bertz CT molecular complexity index is 354. The molecule has 1 N–H and O–H groups in total. The number of hydrogen-bond acceptors (Lipinski definition) is 5. The smallest absolute Gasteiger partial charge is 0.311 e. The fraction of sp³-hybridized carbons (Fsp3) is 0.833. The number of tetrazole rings is 1. The van der Waals surface area contributed by atoms with E-state index in [-0.39, 0.29) is 5.97 Å². The first kappa shape index (κ1) is 15.6. The van der Waals surface area contributed by atoms with Gasteiger partial charge in [-0.1, -0.05) is 5.21 Å². The number of hydrogen-bond donors (Lipinski definition) is 1. The van der Waals surface area contributed by atoms with Crippen molar-refractivity contribution in [3.8, 4) is 0 Å². The van der Waals surface area contributed by atoms with Gasteiger partial charge in [0.1, 0.15) is 0 Å². The van der Waals surface area contributed by atoms with Crippen molar-refractivity contribution >= 4 is 5.97 Å². The summed E-state index contributed by atoms with van der Waals surface area (Å²) in [5, 5.41) is 13.4. The van der Waals surface area contributed by atoms with Crippen LogP contribution in [0.4, 0.5) is 0 Å². The predicted molar refractivity (Wildman–Crippen MR) is 70.2 cm³/mol. The van der Waals surface area contributed by atoms with E-state index in [0.29, 0.717) is 25.3 Å². The average Bonchev–Trinajstić information content (AvgIpc) is 2.94. The van der Waals surface area contributed by atoms with Crippen molar-refractivity contribution < 1.29 is 14.0 Å². The van der Waals surface area contributed by atoms with Crippen molar-refractivity contribution in [1.29, 1.82) is 0 Å². The maximum atomic E-state index is 11.7. The van der Waals surface area contributed by atoms with Crippen LogP contribution in [-0.4, -0.2) is 63.9 Å². The highest BCUT2D eigenvalue weighted by molar-refractivity contribution is 5.69. The van der Waals surface area contributed by atoms with E-state index >= 15 is 0 Å². The third-order valence-electron chi connectivity index (χ3n) is 3.78. The van der Waals surface area contributed by atoms with Crippen LogP contribution >= 0.6 is 0 Å². The Morgan fingerprint density at radius 2 is 1.95 bits per heavy atom. The molecule has 0 spiro atoms. The molecule has 0 saturated heterocycles. The molecule has 108 valence electrons. The number of carbonyl (C=O) groups excluding carboxylic acids is 1. The van der Waals surface area contributed by atoms with E-state index < -0.39 is 0 Å². The van der Waals surface area contributed by atoms with Crippen molar-refractivity contribution in [2.24, 2.45) is 0 Å². The number of quaternary nitrogens is 1. The van der Waals surface area contributed by atoms with Gasteiger partial charge in [0, 0.05) is 6.42 Å². The molecule has 0 amide bonds. The quantitative estimate of drug-likeness (QED) is 0.523. The van der Waals surface area contributed by atoms with Crippen molar-refractivity contribution in [3.05, 3.63) is 5.82 Å². The number of aromatic nitrogens is 4. The summed E-state index contributed by atoms with van der Waals surface area (Å²) < 4.78 is 6.13. The minimum absolute atomic E-state index is 0.152. The Kier molecular flexibility index (Phi) is 6.41. The Morgan fingerprint density at radius 1 is 1.26 bits per heavy atom. The molecule has 19 heavy (non-hydrogen) atoms. The van der Waals surface area contributed by atoms with Crippen LogP contribution in [0.1, 0.15) is 33.0 Å². The molecule has 0 radical (unpaired) electrons. The molecule has 0 aliphatic carbocycles. The van der Waals surface area contributed by atoms with Gasteiger partial charge in [0.25, 0.3) is 0 Å². The van der Waals surface area contributed by atoms with Crippen molar-refractivity contribution in [1.82, 2.24) is 20.6 Å². The highest BCUT2D eigenvalue weighted by Gasteiger charge is 2.22. The maximum Gasteiger partial charge on any atom is 0.311 e. The van der Waals surface area contributed by atoms with Gasteiger partial charge in [-0.2, -0.15) is 5.21 Å². The number of nitrogens with one attached hydrogen (secondary N) is 1. The van der Waals surface area contributed by atoms with Gasteiger partial charge < -0.3 is 9.22 Å². The molecule has 7 heteroatoms. The molecule has 0 aliphatic heterocycles. The SMILES string of the molecule is CC[N+](CC)(CC)CCC(=O)OCCc1nn[nH]n1. The van der Waals surface area contributed by atoms with Crippen LogP contribution in [0.15, 0.2) is 0 Å². The summed E-state index contributed by atoms with van der Waals surface area (Å²) in [4.78, 5) is 11.7. The van der Waals surface area contributed by atoms with Crippen LogP contribution in [0, 0.1) is 0 Å². The lowest BCUT2D eigenvalue weighted by Gasteiger charge is -2.35. The highest BCUT2D eigenvalue weighted by Crippen LogP contribution is 2.07. The third-order valence-corrected chi connectivity index (χ3v) is 3.78. The van der Waals surface area contributed by atoms with Gasteiger partial charge in [-0.05, 0) is 20.8 Å². The van der Waals surface area contributed by atoms with Gasteiger partial charge in [-0.3, -0.25) is 4.79 Å². The zero-order chi connectivity index (χ0) is 14.1. The first-order chi connectivity index (χ1) is 9.15. The topological polar surface area (TPSA) is 80.8 Å². The van der Waals surface area contributed by atoms with Crippen LogP contribution in [0.2, 0.25) is 0 Å². The highest BCUT2D eigenvalue weighted by atomic mass is 16.5. The van der Waals surface area contributed by atoms with Gasteiger partial charge in [-0.25, -0.2) is 0 Å². The zero-order valence-corrected chi connectivity index (χ0v) is 12.1. The number of nitrogens with zero attached hydrogens (tertiary/aromatic N) is 4. The molecule has 1 aromatic heterocycles. The third kappa shape index (κ3) is 4.94. The minimum Gasteiger partial charge on any atom is -0.465 e. The Labute approximate surface area is 113 Å². The molecule has 0 bridgehead atoms. The monoisotopic (exact) mass is 270 g/mol. The normalized spacial score (nSPS) is 11.5. The molecule has 0 saturated carbocycles. The second-order valence-electron chi connectivity index (χ2n) is 4.56. The maximum absolute atomic E-state index is 11.7. The largest absolute Gasteiger partial charge is 0.465 e. The van der Waals surface area contributed by atoms with E-state index in [1.54, 1.807) is 0 Å².